The van der Waals surface area contributed by atoms with Crippen LogP contribution in [0.25, 0.3) is 0 Å². The zero-order valence-corrected chi connectivity index (χ0v) is 10.2. The monoisotopic (exact) mass is 261 g/mol. The van der Waals surface area contributed by atoms with E-state index in [9.17, 15) is 14.3 Å². The van der Waals surface area contributed by atoms with Gasteiger partial charge in [0.05, 0.1) is 12.8 Å². The predicted octanol–water partition coefficient (Wildman–Crippen LogP) is 2.45. The Labute approximate surface area is 109 Å². The van der Waals surface area contributed by atoms with Gasteiger partial charge in [-0.2, -0.15) is 0 Å². The minimum Gasteiger partial charge on any atom is -0.496 e. The second-order valence-corrected chi connectivity index (χ2v) is 3.91. The second kappa shape index (κ2) is 5.48. The number of carboxylic acid groups (broad SMARTS) is 1. The van der Waals surface area contributed by atoms with Crippen LogP contribution in [0.3, 0.4) is 0 Å². The van der Waals surface area contributed by atoms with Crippen LogP contribution in [0.5, 0.6) is 5.75 Å². The minimum absolute atomic E-state index is 0.244. The Hall–Kier alpha value is -2.43. The quantitative estimate of drug-likeness (QED) is 0.918. The molecule has 2 aromatic rings. The molecule has 1 N–H and O–H groups in total. The molecule has 0 aliphatic heterocycles. The Morgan fingerprint density at radius 3 is 2.74 bits per heavy atom. The van der Waals surface area contributed by atoms with Gasteiger partial charge in [0.25, 0.3) is 0 Å². The molecule has 0 fully saturated rings. The van der Waals surface area contributed by atoms with E-state index in [1.165, 1.54) is 25.4 Å². The van der Waals surface area contributed by atoms with E-state index in [1.807, 2.05) is 0 Å². The highest BCUT2D eigenvalue weighted by Crippen LogP contribution is 2.31. The van der Waals surface area contributed by atoms with Gasteiger partial charge in [-0.25, -0.2) is 4.39 Å². The van der Waals surface area contributed by atoms with Gasteiger partial charge < -0.3 is 9.84 Å². The van der Waals surface area contributed by atoms with Crippen molar-refractivity contribution in [3.63, 3.8) is 0 Å². The lowest BCUT2D eigenvalue weighted by molar-refractivity contribution is -0.137. The van der Waals surface area contributed by atoms with Crippen molar-refractivity contribution in [2.75, 3.05) is 7.11 Å². The summed E-state index contributed by atoms with van der Waals surface area (Å²) in [6.45, 7) is 0. The van der Waals surface area contributed by atoms with Crippen LogP contribution < -0.4 is 4.74 Å². The molecule has 0 spiro atoms. The molecule has 0 radical (unpaired) electrons. The van der Waals surface area contributed by atoms with Gasteiger partial charge in [-0.05, 0) is 30.3 Å². The summed E-state index contributed by atoms with van der Waals surface area (Å²) in [7, 11) is 1.41. The number of halogens is 1. The van der Waals surface area contributed by atoms with E-state index in [2.05, 4.69) is 4.98 Å². The SMILES string of the molecule is COc1ccc(F)cc1C(C(=O)O)c1ccccn1. The fraction of sp³-hybridized carbons (Fsp3) is 0.143. The van der Waals surface area contributed by atoms with Gasteiger partial charge in [-0.3, -0.25) is 9.78 Å². The van der Waals surface area contributed by atoms with Crippen molar-refractivity contribution < 1.29 is 19.0 Å². The number of aromatic nitrogens is 1. The van der Waals surface area contributed by atoms with Gasteiger partial charge in [-0.15, -0.1) is 0 Å². The zero-order chi connectivity index (χ0) is 13.8. The second-order valence-electron chi connectivity index (χ2n) is 3.91. The van der Waals surface area contributed by atoms with E-state index in [-0.39, 0.29) is 5.56 Å². The fourth-order valence-corrected chi connectivity index (χ4v) is 1.90. The Kier molecular flexibility index (Phi) is 3.75. The summed E-state index contributed by atoms with van der Waals surface area (Å²) >= 11 is 0. The number of pyridine rings is 1. The first-order chi connectivity index (χ1) is 9.13. The Bertz CT molecular complexity index is 586. The Morgan fingerprint density at radius 2 is 2.16 bits per heavy atom. The van der Waals surface area contributed by atoms with Crippen LogP contribution in [0.2, 0.25) is 0 Å². The van der Waals surface area contributed by atoms with E-state index in [4.69, 9.17) is 4.74 Å². The smallest absolute Gasteiger partial charge is 0.317 e. The molecule has 19 heavy (non-hydrogen) atoms. The number of nitrogens with zero attached hydrogens (tertiary/aromatic N) is 1. The molecule has 1 atom stereocenters. The maximum atomic E-state index is 13.4. The summed E-state index contributed by atoms with van der Waals surface area (Å²) < 4.78 is 18.4. The van der Waals surface area contributed by atoms with Gasteiger partial charge >= 0.3 is 5.97 Å². The summed E-state index contributed by atoms with van der Waals surface area (Å²) in [6, 6.07) is 8.74. The number of hydrogen-bond donors (Lipinski definition) is 1. The van der Waals surface area contributed by atoms with Crippen LogP contribution in [0.1, 0.15) is 17.2 Å². The number of rotatable bonds is 4. The van der Waals surface area contributed by atoms with Crippen LogP contribution in [0, 0.1) is 5.82 Å². The van der Waals surface area contributed by atoms with Gasteiger partial charge in [0.1, 0.15) is 17.5 Å². The van der Waals surface area contributed by atoms with E-state index >= 15 is 0 Å². The molecule has 1 aromatic heterocycles. The van der Waals surface area contributed by atoms with E-state index in [0.29, 0.717) is 11.4 Å². The van der Waals surface area contributed by atoms with Crippen molar-refractivity contribution >= 4 is 5.97 Å². The number of aliphatic carboxylic acids is 1. The Morgan fingerprint density at radius 1 is 1.37 bits per heavy atom. The highest BCUT2D eigenvalue weighted by Gasteiger charge is 2.27. The molecule has 0 amide bonds. The molecule has 0 bridgehead atoms. The summed E-state index contributed by atoms with van der Waals surface area (Å²) in [5.74, 6) is -2.37. The number of benzene rings is 1. The lowest BCUT2D eigenvalue weighted by atomic mass is 9.94. The molecule has 1 aromatic carbocycles. The maximum absolute atomic E-state index is 13.4. The molecular weight excluding hydrogens is 249 g/mol. The molecular formula is C14H12FNO3. The average Bonchev–Trinajstić information content (AvgIpc) is 2.40. The lowest BCUT2D eigenvalue weighted by Crippen LogP contribution is -2.15. The van der Waals surface area contributed by atoms with Crippen LogP contribution in [0.4, 0.5) is 4.39 Å². The summed E-state index contributed by atoms with van der Waals surface area (Å²) in [6.07, 6.45) is 1.50. The number of carbonyl (C=O) groups is 1. The first kappa shape index (κ1) is 13.0. The molecule has 0 saturated heterocycles. The summed E-state index contributed by atoms with van der Waals surface area (Å²) in [5.41, 5.74) is 0.576. The number of hydrogen-bond acceptors (Lipinski definition) is 3. The lowest BCUT2D eigenvalue weighted by Gasteiger charge is -2.15. The average molecular weight is 261 g/mol. The molecule has 98 valence electrons. The first-order valence-corrected chi connectivity index (χ1v) is 5.60. The maximum Gasteiger partial charge on any atom is 0.317 e. The third-order valence-corrected chi connectivity index (χ3v) is 2.73. The van der Waals surface area contributed by atoms with E-state index in [1.54, 1.807) is 18.2 Å². The predicted molar refractivity (Wildman–Crippen MR) is 66.7 cm³/mol. The normalized spacial score (nSPS) is 11.9. The molecule has 0 aliphatic carbocycles. The van der Waals surface area contributed by atoms with E-state index < -0.39 is 17.7 Å². The third kappa shape index (κ3) is 2.70. The van der Waals surface area contributed by atoms with Gasteiger partial charge in [0.15, 0.2) is 0 Å². The topological polar surface area (TPSA) is 59.4 Å². The number of methoxy groups -OCH3 is 1. The Balaban J connectivity index is 2.57. The molecule has 0 saturated carbocycles. The zero-order valence-electron chi connectivity index (χ0n) is 10.2. The van der Waals surface area contributed by atoms with Crippen molar-refractivity contribution in [1.29, 1.82) is 0 Å². The van der Waals surface area contributed by atoms with Crippen LogP contribution in [-0.2, 0) is 4.79 Å². The van der Waals surface area contributed by atoms with Crippen molar-refractivity contribution in [2.24, 2.45) is 0 Å². The first-order valence-electron chi connectivity index (χ1n) is 5.60. The molecule has 4 nitrogen and oxygen atoms in total. The van der Waals surface area contributed by atoms with Crippen molar-refractivity contribution in [3.8, 4) is 5.75 Å². The van der Waals surface area contributed by atoms with Crippen LogP contribution in [0.15, 0.2) is 42.6 Å². The highest BCUT2D eigenvalue weighted by molar-refractivity contribution is 5.80. The molecule has 1 unspecified atom stereocenters. The van der Waals surface area contributed by atoms with Gasteiger partial charge in [0, 0.05) is 11.8 Å². The van der Waals surface area contributed by atoms with Crippen LogP contribution in [-0.4, -0.2) is 23.2 Å². The summed E-state index contributed by atoms with van der Waals surface area (Å²) in [5, 5.41) is 9.37. The van der Waals surface area contributed by atoms with E-state index in [0.717, 1.165) is 6.07 Å². The van der Waals surface area contributed by atoms with Crippen molar-refractivity contribution in [1.82, 2.24) is 4.98 Å². The van der Waals surface area contributed by atoms with Crippen molar-refractivity contribution in [2.45, 2.75) is 5.92 Å². The van der Waals surface area contributed by atoms with Gasteiger partial charge in [-0.1, -0.05) is 6.07 Å². The summed E-state index contributed by atoms with van der Waals surface area (Å²) in [4.78, 5) is 15.5. The third-order valence-electron chi connectivity index (χ3n) is 2.73. The van der Waals surface area contributed by atoms with Crippen molar-refractivity contribution in [3.05, 3.63) is 59.7 Å². The highest BCUT2D eigenvalue weighted by atomic mass is 19.1. The fourth-order valence-electron chi connectivity index (χ4n) is 1.90. The molecule has 1 heterocycles. The van der Waals surface area contributed by atoms with Crippen LogP contribution >= 0.6 is 0 Å². The number of ether oxygens (including phenoxy) is 1. The van der Waals surface area contributed by atoms with Gasteiger partial charge in [0.2, 0.25) is 0 Å². The standard InChI is InChI=1S/C14H12FNO3/c1-19-12-6-5-9(15)8-10(12)13(14(17)18)11-4-2-3-7-16-11/h2-8,13H,1H3,(H,17,18). The molecule has 2 rings (SSSR count). The molecule has 0 aliphatic rings. The largest absolute Gasteiger partial charge is 0.496 e. The number of carboxylic acids is 1. The molecule has 5 heteroatoms. The minimum atomic E-state index is -1.11.